The van der Waals surface area contributed by atoms with Gasteiger partial charge in [-0.1, -0.05) is 39.5 Å². The second-order valence-corrected chi connectivity index (χ2v) is 6.70. The highest BCUT2D eigenvalue weighted by molar-refractivity contribution is 4.90. The molecule has 0 spiro atoms. The van der Waals surface area contributed by atoms with Crippen molar-refractivity contribution in [3.8, 4) is 0 Å². The van der Waals surface area contributed by atoms with E-state index in [1.807, 2.05) is 0 Å². The third kappa shape index (κ3) is 3.96. The first-order valence-corrected chi connectivity index (χ1v) is 7.65. The molecular formula is C15H30N2. The highest BCUT2D eigenvalue weighted by Crippen LogP contribution is 2.29. The maximum atomic E-state index is 3.82. The van der Waals surface area contributed by atoms with Crippen molar-refractivity contribution in [3.63, 3.8) is 0 Å². The van der Waals surface area contributed by atoms with Crippen LogP contribution in [0.4, 0.5) is 0 Å². The van der Waals surface area contributed by atoms with Crippen LogP contribution in [0.5, 0.6) is 0 Å². The largest absolute Gasteiger partial charge is 0.312 e. The summed E-state index contributed by atoms with van der Waals surface area (Å²) in [6, 6.07) is 1.46. The Hall–Kier alpha value is -0.0800. The summed E-state index contributed by atoms with van der Waals surface area (Å²) in [7, 11) is 0. The Morgan fingerprint density at radius 2 is 1.76 bits per heavy atom. The van der Waals surface area contributed by atoms with Crippen molar-refractivity contribution in [3.05, 3.63) is 0 Å². The van der Waals surface area contributed by atoms with Crippen molar-refractivity contribution in [2.45, 2.75) is 77.3 Å². The Labute approximate surface area is 107 Å². The molecule has 0 amide bonds. The first kappa shape index (κ1) is 13.4. The van der Waals surface area contributed by atoms with Gasteiger partial charge in [-0.3, -0.25) is 0 Å². The lowest BCUT2D eigenvalue weighted by Gasteiger charge is -2.40. The van der Waals surface area contributed by atoms with E-state index in [1.165, 1.54) is 57.9 Å². The van der Waals surface area contributed by atoms with Gasteiger partial charge >= 0.3 is 0 Å². The summed E-state index contributed by atoms with van der Waals surface area (Å²) in [4.78, 5) is 0. The molecule has 1 unspecified atom stereocenters. The average Bonchev–Trinajstić information content (AvgIpc) is 2.55. The second kappa shape index (κ2) is 6.19. The molecule has 17 heavy (non-hydrogen) atoms. The van der Waals surface area contributed by atoms with Crippen LogP contribution in [0, 0.1) is 5.41 Å². The molecule has 2 fully saturated rings. The Morgan fingerprint density at radius 3 is 2.41 bits per heavy atom. The van der Waals surface area contributed by atoms with E-state index in [9.17, 15) is 0 Å². The molecule has 0 radical (unpaired) electrons. The standard InChI is InChI=1S/C15H30N2/c1-15(2)10-7-11-16-14(15)12-17-13-8-5-3-4-6-9-13/h13-14,16-17H,3-12H2,1-2H3. The third-order valence-electron chi connectivity index (χ3n) is 4.80. The molecule has 2 heteroatoms. The summed E-state index contributed by atoms with van der Waals surface area (Å²) in [6.07, 6.45) is 11.3. The summed E-state index contributed by atoms with van der Waals surface area (Å²) in [5.41, 5.74) is 0.468. The molecule has 1 aliphatic carbocycles. The molecule has 0 bridgehead atoms. The van der Waals surface area contributed by atoms with Gasteiger partial charge in [0, 0.05) is 18.6 Å². The predicted octanol–water partition coefficient (Wildman–Crippen LogP) is 3.08. The minimum Gasteiger partial charge on any atom is -0.312 e. The van der Waals surface area contributed by atoms with Crippen molar-refractivity contribution >= 4 is 0 Å². The second-order valence-electron chi connectivity index (χ2n) is 6.70. The highest BCUT2D eigenvalue weighted by atomic mass is 15.0. The van der Waals surface area contributed by atoms with Gasteiger partial charge in [-0.25, -0.2) is 0 Å². The van der Waals surface area contributed by atoms with E-state index in [-0.39, 0.29) is 0 Å². The van der Waals surface area contributed by atoms with E-state index >= 15 is 0 Å². The SMILES string of the molecule is CC1(C)CCCNC1CNC1CCCCCC1. The number of hydrogen-bond acceptors (Lipinski definition) is 2. The van der Waals surface area contributed by atoms with Crippen LogP contribution >= 0.6 is 0 Å². The fourth-order valence-corrected chi connectivity index (χ4v) is 3.39. The predicted molar refractivity (Wildman–Crippen MR) is 74.3 cm³/mol. The lowest BCUT2D eigenvalue weighted by Crippen LogP contribution is -2.53. The van der Waals surface area contributed by atoms with E-state index in [1.54, 1.807) is 0 Å². The molecule has 1 aliphatic heterocycles. The van der Waals surface area contributed by atoms with Gasteiger partial charge in [-0.2, -0.15) is 0 Å². The maximum absolute atomic E-state index is 3.82. The molecule has 1 saturated carbocycles. The monoisotopic (exact) mass is 238 g/mol. The number of hydrogen-bond donors (Lipinski definition) is 2. The molecular weight excluding hydrogens is 208 g/mol. The van der Waals surface area contributed by atoms with Crippen LogP contribution in [-0.2, 0) is 0 Å². The lowest BCUT2D eigenvalue weighted by molar-refractivity contribution is 0.171. The van der Waals surface area contributed by atoms with E-state index in [0.29, 0.717) is 11.5 Å². The molecule has 2 aliphatic rings. The van der Waals surface area contributed by atoms with Gasteiger partial charge in [0.25, 0.3) is 0 Å². The topological polar surface area (TPSA) is 24.1 Å². The summed E-state index contributed by atoms with van der Waals surface area (Å²) in [5.74, 6) is 0. The summed E-state index contributed by atoms with van der Waals surface area (Å²) >= 11 is 0. The van der Waals surface area contributed by atoms with Crippen molar-refractivity contribution < 1.29 is 0 Å². The zero-order chi connectivity index (χ0) is 12.1. The summed E-state index contributed by atoms with van der Waals surface area (Å²) < 4.78 is 0. The van der Waals surface area contributed by atoms with E-state index in [0.717, 1.165) is 12.6 Å². The first-order chi connectivity index (χ1) is 8.18. The van der Waals surface area contributed by atoms with Crippen LogP contribution in [0.15, 0.2) is 0 Å². The quantitative estimate of drug-likeness (QED) is 0.738. The Kier molecular flexibility index (Phi) is 4.87. The lowest BCUT2D eigenvalue weighted by atomic mass is 9.77. The summed E-state index contributed by atoms with van der Waals surface area (Å²) in [5, 5.41) is 7.53. The van der Waals surface area contributed by atoms with Crippen LogP contribution in [0.1, 0.15) is 65.2 Å². The number of nitrogens with one attached hydrogen (secondary N) is 2. The Morgan fingerprint density at radius 1 is 1.06 bits per heavy atom. The van der Waals surface area contributed by atoms with E-state index < -0.39 is 0 Å². The first-order valence-electron chi connectivity index (χ1n) is 7.65. The molecule has 1 atom stereocenters. The molecule has 100 valence electrons. The van der Waals surface area contributed by atoms with Gasteiger partial charge < -0.3 is 10.6 Å². The molecule has 2 nitrogen and oxygen atoms in total. The third-order valence-corrected chi connectivity index (χ3v) is 4.80. The van der Waals surface area contributed by atoms with Crippen LogP contribution in [0.3, 0.4) is 0 Å². The molecule has 0 aromatic heterocycles. The van der Waals surface area contributed by atoms with E-state index in [2.05, 4.69) is 24.5 Å². The Balaban J connectivity index is 1.76. The number of rotatable bonds is 3. The van der Waals surface area contributed by atoms with Gasteiger partial charge in [0.1, 0.15) is 0 Å². The van der Waals surface area contributed by atoms with Crippen molar-refractivity contribution in [1.29, 1.82) is 0 Å². The van der Waals surface area contributed by atoms with E-state index in [4.69, 9.17) is 0 Å². The minimum atomic E-state index is 0.468. The summed E-state index contributed by atoms with van der Waals surface area (Å²) in [6.45, 7) is 7.20. The number of piperidine rings is 1. The van der Waals surface area contributed by atoms with Gasteiger partial charge in [0.2, 0.25) is 0 Å². The van der Waals surface area contributed by atoms with Gasteiger partial charge in [-0.15, -0.1) is 0 Å². The molecule has 1 saturated heterocycles. The fraction of sp³-hybridized carbons (Fsp3) is 1.00. The molecule has 2 rings (SSSR count). The van der Waals surface area contributed by atoms with Crippen LogP contribution in [0.2, 0.25) is 0 Å². The Bertz CT molecular complexity index is 217. The molecule has 0 aromatic rings. The minimum absolute atomic E-state index is 0.468. The van der Waals surface area contributed by atoms with Gasteiger partial charge in [-0.05, 0) is 37.6 Å². The zero-order valence-corrected chi connectivity index (χ0v) is 11.7. The normalized spacial score (nSPS) is 31.1. The fourth-order valence-electron chi connectivity index (χ4n) is 3.39. The van der Waals surface area contributed by atoms with Crippen molar-refractivity contribution in [2.75, 3.05) is 13.1 Å². The molecule has 2 N–H and O–H groups in total. The zero-order valence-electron chi connectivity index (χ0n) is 11.7. The van der Waals surface area contributed by atoms with Gasteiger partial charge in [0.15, 0.2) is 0 Å². The highest BCUT2D eigenvalue weighted by Gasteiger charge is 2.31. The van der Waals surface area contributed by atoms with Crippen LogP contribution in [-0.4, -0.2) is 25.2 Å². The van der Waals surface area contributed by atoms with Gasteiger partial charge in [0.05, 0.1) is 0 Å². The van der Waals surface area contributed by atoms with Crippen molar-refractivity contribution in [1.82, 2.24) is 10.6 Å². The van der Waals surface area contributed by atoms with Crippen molar-refractivity contribution in [2.24, 2.45) is 5.41 Å². The molecule has 0 aromatic carbocycles. The van der Waals surface area contributed by atoms with Crippen LogP contribution < -0.4 is 10.6 Å². The maximum Gasteiger partial charge on any atom is 0.0243 e. The smallest absolute Gasteiger partial charge is 0.0243 e. The average molecular weight is 238 g/mol. The van der Waals surface area contributed by atoms with Crippen LogP contribution in [0.25, 0.3) is 0 Å². The molecule has 1 heterocycles.